The number of hydrogen-bond donors (Lipinski definition) is 3. The van der Waals surface area contributed by atoms with Gasteiger partial charge in [-0.3, -0.25) is 14.3 Å². The molecule has 0 saturated heterocycles. The van der Waals surface area contributed by atoms with Crippen molar-refractivity contribution in [2.45, 2.75) is 45.1 Å². The van der Waals surface area contributed by atoms with Crippen LogP contribution in [0.1, 0.15) is 35.6 Å². The Balaban J connectivity index is 1.81. The van der Waals surface area contributed by atoms with Crippen molar-refractivity contribution >= 4 is 29.2 Å². The fourth-order valence-electron chi connectivity index (χ4n) is 4.09. The molecular formula is C26H27Cl2F3N2O5. The number of hydrogen-bond acceptors (Lipinski definition) is 5. The Kier molecular flexibility index (Phi) is 9.81. The molecule has 3 N–H and O–H groups in total. The molecule has 1 unspecified atom stereocenters. The van der Waals surface area contributed by atoms with E-state index in [1.807, 2.05) is 0 Å². The van der Waals surface area contributed by atoms with Crippen molar-refractivity contribution in [1.29, 1.82) is 0 Å². The van der Waals surface area contributed by atoms with Crippen LogP contribution in [0.5, 0.6) is 17.5 Å². The van der Waals surface area contributed by atoms with Crippen LogP contribution in [0.4, 0.5) is 13.2 Å². The van der Waals surface area contributed by atoms with Gasteiger partial charge in [-0.2, -0.15) is 13.2 Å². The number of aliphatic carboxylic acids is 1. The van der Waals surface area contributed by atoms with Gasteiger partial charge in [-0.1, -0.05) is 41.4 Å². The van der Waals surface area contributed by atoms with E-state index in [1.165, 1.54) is 33.7 Å². The van der Waals surface area contributed by atoms with Crippen molar-refractivity contribution in [3.63, 3.8) is 0 Å². The summed E-state index contributed by atoms with van der Waals surface area (Å²) < 4.78 is 46.5. The van der Waals surface area contributed by atoms with Gasteiger partial charge in [0.2, 0.25) is 0 Å². The summed E-state index contributed by atoms with van der Waals surface area (Å²) in [4.78, 5) is 13.1. The Labute approximate surface area is 227 Å². The summed E-state index contributed by atoms with van der Waals surface area (Å²) in [5.74, 6) is -0.851. The maximum atomic E-state index is 13.2. The fraction of sp³-hybridized carbons (Fsp3) is 0.346. The summed E-state index contributed by atoms with van der Waals surface area (Å²) in [5.41, 5.74) is 1.81. The molecule has 12 heteroatoms. The Morgan fingerprint density at radius 3 is 2.32 bits per heavy atom. The van der Waals surface area contributed by atoms with Gasteiger partial charge in [-0.15, -0.1) is 0 Å². The molecule has 3 rings (SSSR count). The van der Waals surface area contributed by atoms with E-state index in [0.29, 0.717) is 22.4 Å². The zero-order valence-electron chi connectivity index (χ0n) is 20.4. The molecule has 1 heterocycles. The van der Waals surface area contributed by atoms with Gasteiger partial charge in [0.05, 0.1) is 29.4 Å². The number of alkyl halides is 3. The summed E-state index contributed by atoms with van der Waals surface area (Å²) >= 11 is 12.1. The molecule has 0 aliphatic carbocycles. The molecule has 0 fully saturated rings. The highest BCUT2D eigenvalue weighted by Crippen LogP contribution is 2.33. The summed E-state index contributed by atoms with van der Waals surface area (Å²) in [7, 11) is 0. The zero-order valence-corrected chi connectivity index (χ0v) is 21.9. The molecule has 206 valence electrons. The number of benzene rings is 2. The van der Waals surface area contributed by atoms with Gasteiger partial charge >= 0.3 is 12.1 Å². The van der Waals surface area contributed by atoms with Gasteiger partial charge in [-0.25, -0.2) is 0 Å². The van der Waals surface area contributed by atoms with E-state index in [9.17, 15) is 33.3 Å². The van der Waals surface area contributed by atoms with Crippen LogP contribution in [0, 0.1) is 6.92 Å². The first-order valence-corrected chi connectivity index (χ1v) is 12.4. The highest BCUT2D eigenvalue weighted by Gasteiger charge is 2.31. The highest BCUT2D eigenvalue weighted by atomic mass is 35.5. The molecular weight excluding hydrogens is 548 g/mol. The lowest BCUT2D eigenvalue weighted by Crippen LogP contribution is -2.33. The van der Waals surface area contributed by atoms with E-state index in [4.69, 9.17) is 27.9 Å². The monoisotopic (exact) mass is 574 g/mol. The van der Waals surface area contributed by atoms with E-state index >= 15 is 0 Å². The van der Waals surface area contributed by atoms with Crippen LogP contribution < -0.4 is 4.74 Å². The third-order valence-electron chi connectivity index (χ3n) is 5.95. The van der Waals surface area contributed by atoms with Crippen molar-refractivity contribution in [2.24, 2.45) is 0 Å². The van der Waals surface area contributed by atoms with E-state index in [-0.39, 0.29) is 41.5 Å². The summed E-state index contributed by atoms with van der Waals surface area (Å²) in [6.45, 7) is 1.73. The van der Waals surface area contributed by atoms with Crippen molar-refractivity contribution in [2.75, 3.05) is 13.2 Å². The van der Waals surface area contributed by atoms with Crippen LogP contribution in [-0.2, 0) is 17.9 Å². The topological polar surface area (TPSA) is 95.2 Å². The zero-order chi connectivity index (χ0) is 28.0. The van der Waals surface area contributed by atoms with Crippen LogP contribution in [0.2, 0.25) is 10.0 Å². The molecule has 1 aromatic heterocycles. The third-order valence-corrected chi connectivity index (χ3v) is 6.69. The normalized spacial score (nSPS) is 12.6. The fourth-order valence-corrected chi connectivity index (χ4v) is 4.39. The van der Waals surface area contributed by atoms with Crippen LogP contribution in [0.15, 0.2) is 48.5 Å². The second kappa shape index (κ2) is 12.6. The van der Waals surface area contributed by atoms with Gasteiger partial charge < -0.3 is 20.1 Å². The number of aryl methyl sites for hydroxylation is 1. The smallest absolute Gasteiger partial charge is 0.390 e. The van der Waals surface area contributed by atoms with Crippen LogP contribution in [0.25, 0.3) is 0 Å². The number of halogens is 5. The second-order valence-corrected chi connectivity index (χ2v) is 9.59. The standard InChI is InChI=1S/C26H27Cl2F3N2O5/c1-16-12-17(2-5-22(16)38-11-10-33-23(34)6-7-24(33)35)15-32(9-8-26(29,30)31)21(14-25(36)37)18-3-4-19(27)20(28)13-18/h2-7,12-13,21,34-35H,8-11,14-15H2,1H3,(H,36,37). The van der Waals surface area contributed by atoms with Gasteiger partial charge in [0.25, 0.3) is 0 Å². The molecule has 3 aromatic rings. The summed E-state index contributed by atoms with van der Waals surface area (Å²) in [6.07, 6.45) is -5.99. The maximum absolute atomic E-state index is 13.2. The highest BCUT2D eigenvalue weighted by molar-refractivity contribution is 6.42. The second-order valence-electron chi connectivity index (χ2n) is 8.77. The minimum absolute atomic E-state index is 0.0422. The lowest BCUT2D eigenvalue weighted by molar-refractivity contribution is -0.142. The van der Waals surface area contributed by atoms with Crippen LogP contribution >= 0.6 is 23.2 Å². The minimum Gasteiger partial charge on any atom is -0.494 e. The average molecular weight is 575 g/mol. The molecule has 38 heavy (non-hydrogen) atoms. The molecule has 0 radical (unpaired) electrons. The molecule has 0 aliphatic heterocycles. The first-order chi connectivity index (χ1) is 17.8. The van der Waals surface area contributed by atoms with Gasteiger partial charge in [0, 0.05) is 31.3 Å². The quantitative estimate of drug-likeness (QED) is 0.226. The maximum Gasteiger partial charge on any atom is 0.390 e. The molecule has 1 atom stereocenters. The van der Waals surface area contributed by atoms with E-state index in [1.54, 1.807) is 31.2 Å². The predicted octanol–water partition coefficient (Wildman–Crippen LogP) is 6.56. The first-order valence-electron chi connectivity index (χ1n) is 11.6. The lowest BCUT2D eigenvalue weighted by Gasteiger charge is -2.32. The largest absolute Gasteiger partial charge is 0.494 e. The number of rotatable bonds is 12. The number of aromatic hydroxyl groups is 2. The Bertz CT molecular complexity index is 1250. The SMILES string of the molecule is Cc1cc(CN(CCC(F)(F)F)C(CC(=O)O)c2ccc(Cl)c(Cl)c2)ccc1OCCn1c(O)ccc1O. The molecule has 0 spiro atoms. The number of nitrogens with zero attached hydrogens (tertiary/aromatic N) is 2. The predicted molar refractivity (Wildman–Crippen MR) is 137 cm³/mol. The molecule has 0 bridgehead atoms. The number of aromatic nitrogens is 1. The first kappa shape index (κ1) is 29.5. The third kappa shape index (κ3) is 8.21. The molecule has 2 aromatic carbocycles. The number of carboxylic acid groups (broad SMARTS) is 1. The lowest BCUT2D eigenvalue weighted by atomic mass is 10.00. The molecule has 0 aliphatic rings. The van der Waals surface area contributed by atoms with Gasteiger partial charge in [-0.05, 0) is 41.8 Å². The molecule has 0 amide bonds. The number of carbonyl (C=O) groups is 1. The van der Waals surface area contributed by atoms with Crippen LogP contribution in [0.3, 0.4) is 0 Å². The Morgan fingerprint density at radius 2 is 1.74 bits per heavy atom. The molecule has 7 nitrogen and oxygen atoms in total. The Hall–Kier alpha value is -3.08. The van der Waals surface area contributed by atoms with Gasteiger partial charge in [0.15, 0.2) is 11.8 Å². The van der Waals surface area contributed by atoms with Gasteiger partial charge in [0.1, 0.15) is 12.4 Å². The van der Waals surface area contributed by atoms with Crippen molar-refractivity contribution < 1.29 is 38.0 Å². The van der Waals surface area contributed by atoms with Crippen molar-refractivity contribution in [3.05, 3.63) is 75.3 Å². The van der Waals surface area contributed by atoms with Crippen molar-refractivity contribution in [1.82, 2.24) is 9.47 Å². The molecule has 0 saturated carbocycles. The number of carboxylic acids is 1. The number of ether oxygens (including phenoxy) is 1. The van der Waals surface area contributed by atoms with Crippen molar-refractivity contribution in [3.8, 4) is 17.5 Å². The average Bonchev–Trinajstić information content (AvgIpc) is 3.15. The van der Waals surface area contributed by atoms with Crippen LogP contribution in [-0.4, -0.2) is 50.1 Å². The van der Waals surface area contributed by atoms with E-state index in [2.05, 4.69) is 0 Å². The minimum atomic E-state index is -4.43. The summed E-state index contributed by atoms with van der Waals surface area (Å²) in [5, 5.41) is 29.4. The van der Waals surface area contributed by atoms with E-state index < -0.39 is 37.6 Å². The Morgan fingerprint density at radius 1 is 1.05 bits per heavy atom. The van der Waals surface area contributed by atoms with E-state index in [0.717, 1.165) is 0 Å². The summed E-state index contributed by atoms with van der Waals surface area (Å²) in [6, 6.07) is 11.5.